The van der Waals surface area contributed by atoms with E-state index in [0.29, 0.717) is 28.0 Å². The number of hydrogen-bond donors (Lipinski definition) is 1. The summed E-state index contributed by atoms with van der Waals surface area (Å²) in [6, 6.07) is 3.55. The van der Waals surface area contributed by atoms with Gasteiger partial charge in [0, 0.05) is 7.05 Å². The van der Waals surface area contributed by atoms with Crippen molar-refractivity contribution >= 4 is 21.4 Å². The van der Waals surface area contributed by atoms with E-state index in [1.165, 1.54) is 15.9 Å². The molecule has 0 aliphatic rings. The van der Waals surface area contributed by atoms with Crippen LogP contribution in [-0.2, 0) is 6.42 Å². The molecule has 0 atom stereocenters. The van der Waals surface area contributed by atoms with Gasteiger partial charge in [-0.15, -0.1) is 15.3 Å². The monoisotopic (exact) mass is 263 g/mol. The van der Waals surface area contributed by atoms with Gasteiger partial charge in [0.15, 0.2) is 0 Å². The molecule has 0 unspecified atom stereocenters. The van der Waals surface area contributed by atoms with Gasteiger partial charge in [0.1, 0.15) is 11.5 Å². The van der Waals surface area contributed by atoms with E-state index < -0.39 is 0 Å². The number of nitrogens with zero attached hydrogens (tertiary/aromatic N) is 4. The minimum atomic E-state index is -0.269. The van der Waals surface area contributed by atoms with Crippen LogP contribution in [0.1, 0.15) is 11.5 Å². The molecule has 0 spiro atoms. The van der Waals surface area contributed by atoms with Crippen LogP contribution in [0.15, 0.2) is 27.6 Å². The van der Waals surface area contributed by atoms with Crippen molar-refractivity contribution in [3.8, 4) is 0 Å². The van der Waals surface area contributed by atoms with E-state index in [0.717, 1.165) is 0 Å². The maximum Gasteiger partial charge on any atom is 0.297 e. The maximum atomic E-state index is 12.1. The average molecular weight is 263 g/mol. The molecule has 3 aromatic rings. The lowest BCUT2D eigenvalue weighted by molar-refractivity contribution is 0.517. The molecule has 8 heteroatoms. The highest BCUT2D eigenvalue weighted by atomic mass is 32.1. The quantitative estimate of drug-likeness (QED) is 0.751. The van der Waals surface area contributed by atoms with Crippen LogP contribution in [-0.4, -0.2) is 26.9 Å². The molecule has 92 valence electrons. The smallest absolute Gasteiger partial charge is 0.297 e. The van der Waals surface area contributed by atoms with Crippen LogP contribution in [0.25, 0.3) is 4.96 Å². The highest BCUT2D eigenvalue weighted by molar-refractivity contribution is 7.20. The first-order valence-electron chi connectivity index (χ1n) is 5.23. The second-order valence-electron chi connectivity index (χ2n) is 3.56. The summed E-state index contributed by atoms with van der Waals surface area (Å²) in [6.45, 7) is 0. The predicted molar refractivity (Wildman–Crippen MR) is 66.0 cm³/mol. The zero-order chi connectivity index (χ0) is 12.5. The predicted octanol–water partition coefficient (Wildman–Crippen LogP) is 0.771. The molecule has 3 heterocycles. The van der Waals surface area contributed by atoms with E-state index in [2.05, 4.69) is 20.6 Å². The van der Waals surface area contributed by atoms with E-state index in [1.807, 2.05) is 0 Å². The second-order valence-corrected chi connectivity index (χ2v) is 4.52. The normalized spacial score (nSPS) is 10.9. The Morgan fingerprint density at radius 1 is 1.50 bits per heavy atom. The summed E-state index contributed by atoms with van der Waals surface area (Å²) in [4.78, 5) is 12.6. The van der Waals surface area contributed by atoms with Gasteiger partial charge in [0.25, 0.3) is 5.56 Å². The van der Waals surface area contributed by atoms with Gasteiger partial charge >= 0.3 is 0 Å². The second kappa shape index (κ2) is 4.22. The molecule has 3 aromatic heterocycles. The van der Waals surface area contributed by atoms with Crippen LogP contribution in [0.2, 0.25) is 0 Å². The third-order valence-corrected chi connectivity index (χ3v) is 3.31. The van der Waals surface area contributed by atoms with E-state index in [9.17, 15) is 4.79 Å². The Labute approximate surface area is 105 Å². The molecule has 0 saturated heterocycles. The fourth-order valence-corrected chi connectivity index (χ4v) is 2.23. The summed E-state index contributed by atoms with van der Waals surface area (Å²) in [5.41, 5.74) is 0.0459. The van der Waals surface area contributed by atoms with Gasteiger partial charge in [-0.3, -0.25) is 4.79 Å². The van der Waals surface area contributed by atoms with Crippen molar-refractivity contribution in [1.82, 2.24) is 19.8 Å². The third kappa shape index (κ3) is 1.76. The molecule has 0 amide bonds. The summed E-state index contributed by atoms with van der Waals surface area (Å²) in [5.74, 6) is 0.672. The summed E-state index contributed by atoms with van der Waals surface area (Å²) in [5, 5.41) is 15.5. The van der Waals surface area contributed by atoms with Crippen molar-refractivity contribution in [3.63, 3.8) is 0 Å². The number of fused-ring (bicyclic) bond motifs is 1. The largest absolute Gasteiger partial charge is 0.469 e. The molecule has 7 nitrogen and oxygen atoms in total. The zero-order valence-corrected chi connectivity index (χ0v) is 10.3. The van der Waals surface area contributed by atoms with Crippen LogP contribution in [0, 0.1) is 0 Å². The van der Waals surface area contributed by atoms with Gasteiger partial charge in [-0.25, -0.2) is 0 Å². The number of anilines is 1. The molecule has 0 bridgehead atoms. The standard InChI is InChI=1S/C10H9N5O2S/c1-11-9-14-15-8(16)7(12-13-10(15)18-9)5-6-3-2-4-17-6/h2-4H,5H2,1H3,(H,11,14). The van der Waals surface area contributed by atoms with Crippen molar-refractivity contribution in [3.05, 3.63) is 40.2 Å². The Bertz CT molecular complexity index is 730. The molecule has 0 saturated carbocycles. The fourth-order valence-electron chi connectivity index (χ4n) is 1.54. The first kappa shape index (κ1) is 10.9. The Morgan fingerprint density at radius 2 is 2.39 bits per heavy atom. The van der Waals surface area contributed by atoms with Crippen molar-refractivity contribution in [2.45, 2.75) is 6.42 Å². The molecule has 0 fully saturated rings. The molecule has 18 heavy (non-hydrogen) atoms. The number of furan rings is 1. The van der Waals surface area contributed by atoms with Crippen molar-refractivity contribution in [2.24, 2.45) is 0 Å². The first-order valence-corrected chi connectivity index (χ1v) is 6.05. The molecule has 3 rings (SSSR count). The minimum absolute atomic E-state index is 0.269. The highest BCUT2D eigenvalue weighted by Crippen LogP contribution is 2.14. The van der Waals surface area contributed by atoms with Gasteiger partial charge < -0.3 is 9.73 Å². The molecular weight excluding hydrogens is 254 g/mol. The van der Waals surface area contributed by atoms with Crippen molar-refractivity contribution < 1.29 is 4.42 Å². The van der Waals surface area contributed by atoms with E-state index in [-0.39, 0.29) is 5.56 Å². The third-order valence-electron chi connectivity index (χ3n) is 2.39. The average Bonchev–Trinajstić information content (AvgIpc) is 3.02. The van der Waals surface area contributed by atoms with Gasteiger partial charge in [0.05, 0.1) is 12.7 Å². The maximum absolute atomic E-state index is 12.1. The summed E-state index contributed by atoms with van der Waals surface area (Å²) >= 11 is 1.27. The Balaban J connectivity index is 2.08. The fraction of sp³-hybridized carbons (Fsp3) is 0.200. The zero-order valence-electron chi connectivity index (χ0n) is 9.45. The molecule has 0 aromatic carbocycles. The van der Waals surface area contributed by atoms with Gasteiger partial charge in [-0.2, -0.15) is 4.52 Å². The van der Waals surface area contributed by atoms with Gasteiger partial charge in [-0.1, -0.05) is 11.3 Å². The molecular formula is C10H9N5O2S. The molecule has 0 aliphatic carbocycles. The van der Waals surface area contributed by atoms with E-state index in [1.54, 1.807) is 25.4 Å². The number of rotatable bonds is 3. The number of hydrogen-bond acceptors (Lipinski definition) is 7. The van der Waals surface area contributed by atoms with E-state index >= 15 is 0 Å². The summed E-state index contributed by atoms with van der Waals surface area (Å²) < 4.78 is 6.44. The minimum Gasteiger partial charge on any atom is -0.469 e. The van der Waals surface area contributed by atoms with Crippen molar-refractivity contribution in [1.29, 1.82) is 0 Å². The topological polar surface area (TPSA) is 85.3 Å². The number of nitrogens with one attached hydrogen (secondary N) is 1. The SMILES string of the molecule is CNc1nn2c(=O)c(Cc3ccco3)nnc2s1. The summed E-state index contributed by atoms with van der Waals surface area (Å²) in [7, 11) is 1.74. The lowest BCUT2D eigenvalue weighted by Gasteiger charge is -1.95. The van der Waals surface area contributed by atoms with Gasteiger partial charge in [0.2, 0.25) is 10.1 Å². The van der Waals surface area contributed by atoms with Crippen LogP contribution in [0.5, 0.6) is 0 Å². The van der Waals surface area contributed by atoms with Crippen LogP contribution in [0.4, 0.5) is 5.13 Å². The van der Waals surface area contributed by atoms with Gasteiger partial charge in [-0.05, 0) is 12.1 Å². The van der Waals surface area contributed by atoms with Crippen molar-refractivity contribution in [2.75, 3.05) is 12.4 Å². The first-order chi connectivity index (χ1) is 8.78. The van der Waals surface area contributed by atoms with Crippen LogP contribution < -0.4 is 10.9 Å². The molecule has 1 N–H and O–H groups in total. The lowest BCUT2D eigenvalue weighted by Crippen LogP contribution is -2.22. The lowest BCUT2D eigenvalue weighted by atomic mass is 10.2. The van der Waals surface area contributed by atoms with Crippen LogP contribution >= 0.6 is 11.3 Å². The Kier molecular flexibility index (Phi) is 2.56. The Morgan fingerprint density at radius 3 is 3.11 bits per heavy atom. The highest BCUT2D eigenvalue weighted by Gasteiger charge is 2.12. The Hall–Kier alpha value is -2.22. The van der Waals surface area contributed by atoms with E-state index in [4.69, 9.17) is 4.42 Å². The molecule has 0 aliphatic heterocycles. The molecule has 0 radical (unpaired) electrons. The van der Waals surface area contributed by atoms with Crippen LogP contribution in [0.3, 0.4) is 0 Å². The number of aromatic nitrogens is 4. The summed E-state index contributed by atoms with van der Waals surface area (Å²) in [6.07, 6.45) is 1.87.